The number of aryl methyl sites for hydroxylation is 1. The number of ether oxygens (including phenoxy) is 1. The second kappa shape index (κ2) is 7.26. The summed E-state index contributed by atoms with van der Waals surface area (Å²) < 4.78 is 6.61. The molecule has 0 aliphatic rings. The predicted molar refractivity (Wildman–Crippen MR) is 87.9 cm³/mol. The third kappa shape index (κ3) is 4.09. The van der Waals surface area contributed by atoms with Gasteiger partial charge in [0.05, 0.1) is 24.6 Å². The van der Waals surface area contributed by atoms with Crippen molar-refractivity contribution in [1.29, 1.82) is 0 Å². The lowest BCUT2D eigenvalue weighted by Gasteiger charge is -2.06. The maximum absolute atomic E-state index is 11.7. The normalized spacial score (nSPS) is 11.0. The number of fused-ring (bicyclic) bond motifs is 1. The van der Waals surface area contributed by atoms with E-state index >= 15 is 0 Å². The van der Waals surface area contributed by atoms with Gasteiger partial charge in [-0.1, -0.05) is 19.9 Å². The molecule has 1 N–H and O–H groups in total. The van der Waals surface area contributed by atoms with E-state index in [1.54, 1.807) is 0 Å². The molecule has 0 unspecified atom stereocenters. The van der Waals surface area contributed by atoms with E-state index in [2.05, 4.69) is 33.5 Å². The summed E-state index contributed by atoms with van der Waals surface area (Å²) in [5.74, 6) is 0.851. The minimum Gasteiger partial charge on any atom is -0.469 e. The smallest absolute Gasteiger partial charge is 0.306 e. The van der Waals surface area contributed by atoms with E-state index in [1.807, 2.05) is 25.2 Å². The molecule has 0 aliphatic heterocycles. The van der Waals surface area contributed by atoms with Crippen LogP contribution in [0.4, 0.5) is 0 Å². The highest BCUT2D eigenvalue weighted by molar-refractivity contribution is 5.81. The average molecular weight is 317 g/mol. The van der Waals surface area contributed by atoms with Crippen LogP contribution < -0.4 is 5.32 Å². The molecule has 1 heterocycles. The number of amides is 1. The van der Waals surface area contributed by atoms with Crippen LogP contribution in [-0.4, -0.2) is 28.5 Å². The Hall–Kier alpha value is -2.37. The number of carbonyl (C=O) groups is 2. The molecular formula is C17H23N3O3. The highest BCUT2D eigenvalue weighted by atomic mass is 16.5. The molecule has 6 heteroatoms. The summed E-state index contributed by atoms with van der Waals surface area (Å²) in [5.41, 5.74) is 2.99. The molecule has 0 atom stereocenters. The van der Waals surface area contributed by atoms with Crippen LogP contribution in [0.25, 0.3) is 11.0 Å². The molecule has 2 aromatic rings. The van der Waals surface area contributed by atoms with Gasteiger partial charge in [0.25, 0.3) is 0 Å². The number of aromatic nitrogens is 2. The van der Waals surface area contributed by atoms with Crippen LogP contribution in [0.15, 0.2) is 18.2 Å². The summed E-state index contributed by atoms with van der Waals surface area (Å²) in [6.07, 6.45) is 0.232. The molecule has 0 saturated carbocycles. The molecule has 1 amide bonds. The van der Waals surface area contributed by atoms with E-state index in [0.717, 1.165) is 22.4 Å². The van der Waals surface area contributed by atoms with Crippen molar-refractivity contribution in [1.82, 2.24) is 14.9 Å². The van der Waals surface area contributed by atoms with Crippen LogP contribution in [0, 0.1) is 0 Å². The average Bonchev–Trinajstić information content (AvgIpc) is 2.87. The van der Waals surface area contributed by atoms with Gasteiger partial charge in [-0.2, -0.15) is 0 Å². The van der Waals surface area contributed by atoms with Gasteiger partial charge in [-0.15, -0.1) is 0 Å². The Morgan fingerprint density at radius 2 is 2.04 bits per heavy atom. The van der Waals surface area contributed by atoms with Gasteiger partial charge in [0.2, 0.25) is 5.91 Å². The lowest BCUT2D eigenvalue weighted by molar-refractivity contribution is -0.142. The number of carbonyl (C=O) groups excluding carboxylic acids is 2. The molecule has 0 radical (unpaired) electrons. The fourth-order valence-electron chi connectivity index (χ4n) is 2.50. The van der Waals surface area contributed by atoms with Gasteiger partial charge < -0.3 is 14.6 Å². The Balaban J connectivity index is 2.01. The molecule has 0 saturated heterocycles. The monoisotopic (exact) mass is 317 g/mol. The van der Waals surface area contributed by atoms with Crippen LogP contribution in [0.5, 0.6) is 0 Å². The standard InChI is InChI=1S/C17H23N3O3/c1-11(2)17-19-13-9-12(5-6-14(13)20(17)3)10-18-15(21)7-8-16(22)23-4/h5-6,9,11H,7-8,10H2,1-4H3,(H,18,21). The summed E-state index contributed by atoms with van der Waals surface area (Å²) in [5, 5.41) is 2.81. The number of imidazole rings is 1. The zero-order valence-corrected chi connectivity index (χ0v) is 14.0. The largest absolute Gasteiger partial charge is 0.469 e. The fourth-order valence-corrected chi connectivity index (χ4v) is 2.50. The molecule has 0 aliphatic carbocycles. The van der Waals surface area contributed by atoms with Crippen LogP contribution >= 0.6 is 0 Å². The Kier molecular flexibility index (Phi) is 5.36. The number of methoxy groups -OCH3 is 1. The van der Waals surface area contributed by atoms with E-state index < -0.39 is 0 Å². The number of rotatable bonds is 6. The van der Waals surface area contributed by atoms with Gasteiger partial charge in [0, 0.05) is 25.9 Å². The second-order valence-corrected chi connectivity index (χ2v) is 5.86. The molecule has 1 aromatic carbocycles. The molecule has 124 valence electrons. The number of nitrogens with zero attached hydrogens (tertiary/aromatic N) is 2. The first kappa shape index (κ1) is 17.0. The van der Waals surface area contributed by atoms with Crippen LogP contribution in [-0.2, 0) is 27.9 Å². The van der Waals surface area contributed by atoms with Crippen molar-refractivity contribution >= 4 is 22.9 Å². The van der Waals surface area contributed by atoms with Gasteiger partial charge in [-0.3, -0.25) is 9.59 Å². The van der Waals surface area contributed by atoms with Crippen molar-refractivity contribution in [2.45, 2.75) is 39.2 Å². The second-order valence-electron chi connectivity index (χ2n) is 5.86. The van der Waals surface area contributed by atoms with Gasteiger partial charge in [0.1, 0.15) is 5.82 Å². The predicted octanol–water partition coefficient (Wildman–Crippen LogP) is 2.27. The molecule has 1 aromatic heterocycles. The van der Waals surface area contributed by atoms with Crippen LogP contribution in [0.1, 0.15) is 44.0 Å². The minimum atomic E-state index is -0.378. The van der Waals surface area contributed by atoms with E-state index in [1.165, 1.54) is 7.11 Å². The summed E-state index contributed by atoms with van der Waals surface area (Å²) in [6, 6.07) is 5.99. The first-order chi connectivity index (χ1) is 10.9. The van der Waals surface area contributed by atoms with Crippen LogP contribution in [0.2, 0.25) is 0 Å². The molecule has 6 nitrogen and oxygen atoms in total. The van der Waals surface area contributed by atoms with E-state index in [0.29, 0.717) is 12.5 Å². The molecule has 2 rings (SSSR count). The SMILES string of the molecule is COC(=O)CCC(=O)NCc1ccc2c(c1)nc(C(C)C)n2C. The number of nitrogens with one attached hydrogen (secondary N) is 1. The van der Waals surface area contributed by atoms with Crippen molar-refractivity contribution in [3.63, 3.8) is 0 Å². The topological polar surface area (TPSA) is 73.2 Å². The maximum Gasteiger partial charge on any atom is 0.306 e. The van der Waals surface area contributed by atoms with Gasteiger partial charge in [-0.05, 0) is 17.7 Å². The summed E-state index contributed by atoms with van der Waals surface area (Å²) in [6.45, 7) is 4.65. The molecular weight excluding hydrogens is 294 g/mol. The number of hydrogen-bond acceptors (Lipinski definition) is 4. The quantitative estimate of drug-likeness (QED) is 0.830. The maximum atomic E-state index is 11.7. The summed E-state index contributed by atoms with van der Waals surface area (Å²) in [7, 11) is 3.33. The number of benzene rings is 1. The zero-order chi connectivity index (χ0) is 17.0. The van der Waals surface area contributed by atoms with E-state index in [9.17, 15) is 9.59 Å². The van der Waals surface area contributed by atoms with Crippen molar-refractivity contribution in [2.75, 3.05) is 7.11 Å². The highest BCUT2D eigenvalue weighted by Gasteiger charge is 2.11. The summed E-state index contributed by atoms with van der Waals surface area (Å²) >= 11 is 0. The third-order valence-electron chi connectivity index (χ3n) is 3.77. The Labute approximate surface area is 135 Å². The molecule has 0 fully saturated rings. The summed E-state index contributed by atoms with van der Waals surface area (Å²) in [4.78, 5) is 27.4. The van der Waals surface area contributed by atoms with Gasteiger partial charge >= 0.3 is 5.97 Å². The molecule has 0 bridgehead atoms. The van der Waals surface area contributed by atoms with Gasteiger partial charge in [0.15, 0.2) is 0 Å². The first-order valence-electron chi connectivity index (χ1n) is 7.71. The van der Waals surface area contributed by atoms with E-state index in [4.69, 9.17) is 0 Å². The fraction of sp³-hybridized carbons (Fsp3) is 0.471. The Bertz CT molecular complexity index is 719. The third-order valence-corrected chi connectivity index (χ3v) is 3.77. The lowest BCUT2D eigenvalue weighted by Crippen LogP contribution is -2.23. The Morgan fingerprint density at radius 3 is 2.70 bits per heavy atom. The van der Waals surface area contributed by atoms with Crippen molar-refractivity contribution < 1.29 is 14.3 Å². The minimum absolute atomic E-state index is 0.0966. The zero-order valence-electron chi connectivity index (χ0n) is 14.0. The van der Waals surface area contributed by atoms with Gasteiger partial charge in [-0.25, -0.2) is 4.98 Å². The molecule has 23 heavy (non-hydrogen) atoms. The lowest BCUT2D eigenvalue weighted by atomic mass is 10.2. The number of hydrogen-bond donors (Lipinski definition) is 1. The Morgan fingerprint density at radius 1 is 1.30 bits per heavy atom. The van der Waals surface area contributed by atoms with Crippen molar-refractivity contribution in [3.05, 3.63) is 29.6 Å². The van der Waals surface area contributed by atoms with Crippen molar-refractivity contribution in [2.24, 2.45) is 7.05 Å². The first-order valence-corrected chi connectivity index (χ1v) is 7.71. The van der Waals surface area contributed by atoms with E-state index in [-0.39, 0.29) is 24.7 Å². The van der Waals surface area contributed by atoms with Crippen molar-refractivity contribution in [3.8, 4) is 0 Å². The van der Waals surface area contributed by atoms with Crippen LogP contribution in [0.3, 0.4) is 0 Å². The highest BCUT2D eigenvalue weighted by Crippen LogP contribution is 2.21. The number of esters is 1. The molecule has 0 spiro atoms.